The third-order valence-corrected chi connectivity index (χ3v) is 4.94. The van der Waals surface area contributed by atoms with Crippen LogP contribution in [0.2, 0.25) is 5.02 Å². The summed E-state index contributed by atoms with van der Waals surface area (Å²) in [6, 6.07) is 14.6. The van der Waals surface area contributed by atoms with Crippen LogP contribution in [0.25, 0.3) is 0 Å². The van der Waals surface area contributed by atoms with E-state index in [4.69, 9.17) is 16.3 Å². The molecule has 0 fully saturated rings. The summed E-state index contributed by atoms with van der Waals surface area (Å²) in [6.07, 6.45) is 3.64. The number of ether oxygens (including phenoxy) is 1. The largest absolute Gasteiger partial charge is 0.493 e. The molecule has 0 aromatic heterocycles. The maximum atomic E-state index is 6.09. The molecule has 0 saturated carbocycles. The quantitative estimate of drug-likeness (QED) is 0.628. The van der Waals surface area contributed by atoms with Gasteiger partial charge < -0.3 is 4.74 Å². The van der Waals surface area contributed by atoms with Crippen LogP contribution in [0, 0.1) is 0 Å². The molecular formula is C18H18BrClO. The Balaban J connectivity index is 1.74. The van der Waals surface area contributed by atoms with Crippen LogP contribution in [0.4, 0.5) is 0 Å². The van der Waals surface area contributed by atoms with Crippen molar-refractivity contribution >= 4 is 27.5 Å². The molecule has 2 aromatic rings. The van der Waals surface area contributed by atoms with Crippen LogP contribution in [0.15, 0.2) is 42.5 Å². The average Bonchev–Trinajstić information content (AvgIpc) is 2.53. The zero-order valence-electron chi connectivity index (χ0n) is 11.8. The highest BCUT2D eigenvalue weighted by Crippen LogP contribution is 2.33. The minimum atomic E-state index is 0.494. The van der Waals surface area contributed by atoms with Crippen LogP contribution in [-0.4, -0.2) is 6.61 Å². The van der Waals surface area contributed by atoms with Crippen molar-refractivity contribution in [2.45, 2.75) is 30.5 Å². The van der Waals surface area contributed by atoms with E-state index in [-0.39, 0.29) is 0 Å². The van der Waals surface area contributed by atoms with Gasteiger partial charge in [-0.3, -0.25) is 0 Å². The first-order valence-corrected chi connectivity index (χ1v) is 8.83. The molecule has 1 aliphatic carbocycles. The fraction of sp³-hybridized carbons (Fsp3) is 0.333. The van der Waals surface area contributed by atoms with Gasteiger partial charge in [0.1, 0.15) is 5.75 Å². The molecule has 1 unspecified atom stereocenters. The smallest absolute Gasteiger partial charge is 0.123 e. The topological polar surface area (TPSA) is 9.23 Å². The van der Waals surface area contributed by atoms with Gasteiger partial charge in [0, 0.05) is 21.8 Å². The standard InChI is InChI=1S/C18H18BrClO/c19-11-15-10-16(20)8-9-18(15)21-12-14-6-3-5-13-4-1-2-7-17(13)14/h1-2,4,7-10,14H,3,5-6,11-12H2. The molecular weight excluding hydrogens is 348 g/mol. The van der Waals surface area contributed by atoms with E-state index in [0.717, 1.165) is 28.3 Å². The first-order chi connectivity index (χ1) is 10.3. The Labute approximate surface area is 139 Å². The molecule has 0 spiro atoms. The Hall–Kier alpha value is -0.990. The number of halogens is 2. The van der Waals surface area contributed by atoms with E-state index >= 15 is 0 Å². The highest BCUT2D eigenvalue weighted by atomic mass is 79.9. The molecule has 0 N–H and O–H groups in total. The van der Waals surface area contributed by atoms with Gasteiger partial charge in [-0.1, -0.05) is 51.8 Å². The SMILES string of the molecule is Clc1ccc(OCC2CCCc3ccccc32)c(CBr)c1. The lowest BCUT2D eigenvalue weighted by Crippen LogP contribution is -2.16. The van der Waals surface area contributed by atoms with Gasteiger partial charge in [0.15, 0.2) is 0 Å². The Kier molecular flexibility index (Phi) is 4.87. The zero-order chi connectivity index (χ0) is 14.7. The van der Waals surface area contributed by atoms with Crippen molar-refractivity contribution < 1.29 is 4.74 Å². The number of fused-ring (bicyclic) bond motifs is 1. The molecule has 110 valence electrons. The van der Waals surface area contributed by atoms with E-state index in [9.17, 15) is 0 Å². The molecule has 0 saturated heterocycles. The van der Waals surface area contributed by atoms with Crippen molar-refractivity contribution in [1.82, 2.24) is 0 Å². The molecule has 21 heavy (non-hydrogen) atoms. The Morgan fingerprint density at radius 3 is 2.90 bits per heavy atom. The van der Waals surface area contributed by atoms with Gasteiger partial charge in [-0.15, -0.1) is 0 Å². The second-order valence-electron chi connectivity index (χ2n) is 5.48. The van der Waals surface area contributed by atoms with Gasteiger partial charge in [-0.05, 0) is 48.6 Å². The first-order valence-electron chi connectivity index (χ1n) is 7.33. The predicted octanol–water partition coefficient (Wildman–Crippen LogP) is 5.73. The summed E-state index contributed by atoms with van der Waals surface area (Å²) in [5.41, 5.74) is 4.04. The minimum absolute atomic E-state index is 0.494. The molecule has 2 aromatic carbocycles. The van der Waals surface area contributed by atoms with Crippen LogP contribution in [0.1, 0.15) is 35.4 Å². The van der Waals surface area contributed by atoms with Crippen LogP contribution in [0.5, 0.6) is 5.75 Å². The summed E-state index contributed by atoms with van der Waals surface area (Å²) >= 11 is 9.53. The van der Waals surface area contributed by atoms with Gasteiger partial charge in [0.2, 0.25) is 0 Å². The number of hydrogen-bond donors (Lipinski definition) is 0. The van der Waals surface area contributed by atoms with Gasteiger partial charge >= 0.3 is 0 Å². The minimum Gasteiger partial charge on any atom is -0.493 e. The fourth-order valence-corrected chi connectivity index (χ4v) is 3.64. The lowest BCUT2D eigenvalue weighted by Gasteiger charge is -2.25. The van der Waals surface area contributed by atoms with Crippen LogP contribution >= 0.6 is 27.5 Å². The molecule has 0 amide bonds. The van der Waals surface area contributed by atoms with Crippen LogP contribution < -0.4 is 4.74 Å². The maximum Gasteiger partial charge on any atom is 0.123 e. The van der Waals surface area contributed by atoms with Gasteiger partial charge in [-0.2, -0.15) is 0 Å². The highest BCUT2D eigenvalue weighted by molar-refractivity contribution is 9.08. The number of aryl methyl sites for hydroxylation is 1. The molecule has 0 bridgehead atoms. The predicted molar refractivity (Wildman–Crippen MR) is 91.7 cm³/mol. The summed E-state index contributed by atoms with van der Waals surface area (Å²) < 4.78 is 6.09. The third-order valence-electron chi connectivity index (χ3n) is 4.10. The lowest BCUT2D eigenvalue weighted by atomic mass is 9.83. The summed E-state index contributed by atoms with van der Waals surface area (Å²) in [5, 5.41) is 1.50. The Morgan fingerprint density at radius 2 is 2.05 bits per heavy atom. The van der Waals surface area contributed by atoms with Gasteiger partial charge in [0.05, 0.1) is 6.61 Å². The average molecular weight is 366 g/mol. The maximum absolute atomic E-state index is 6.09. The number of hydrogen-bond acceptors (Lipinski definition) is 1. The Morgan fingerprint density at radius 1 is 1.19 bits per heavy atom. The van der Waals surface area contributed by atoms with Crippen LogP contribution in [0.3, 0.4) is 0 Å². The summed E-state index contributed by atoms with van der Waals surface area (Å²) in [6.45, 7) is 0.735. The van der Waals surface area contributed by atoms with Gasteiger partial charge in [0.25, 0.3) is 0 Å². The van der Waals surface area contributed by atoms with Crippen molar-refractivity contribution in [1.29, 1.82) is 0 Å². The Bertz CT molecular complexity index is 626. The number of alkyl halides is 1. The van der Waals surface area contributed by atoms with E-state index < -0.39 is 0 Å². The second-order valence-corrected chi connectivity index (χ2v) is 6.48. The van der Waals surface area contributed by atoms with E-state index in [0.29, 0.717) is 5.92 Å². The van der Waals surface area contributed by atoms with E-state index in [2.05, 4.69) is 40.2 Å². The van der Waals surface area contributed by atoms with Crippen LogP contribution in [-0.2, 0) is 11.8 Å². The molecule has 1 nitrogen and oxygen atoms in total. The first kappa shape index (κ1) is 14.9. The highest BCUT2D eigenvalue weighted by Gasteiger charge is 2.20. The molecule has 0 radical (unpaired) electrons. The van der Waals surface area contributed by atoms with Crippen molar-refractivity contribution in [3.05, 3.63) is 64.2 Å². The van der Waals surface area contributed by atoms with E-state index in [1.807, 2.05) is 18.2 Å². The number of rotatable bonds is 4. The fourth-order valence-electron chi connectivity index (χ4n) is 3.01. The number of benzene rings is 2. The monoisotopic (exact) mass is 364 g/mol. The lowest BCUT2D eigenvalue weighted by molar-refractivity contribution is 0.273. The van der Waals surface area contributed by atoms with Crippen molar-refractivity contribution in [2.24, 2.45) is 0 Å². The van der Waals surface area contributed by atoms with Gasteiger partial charge in [-0.25, -0.2) is 0 Å². The van der Waals surface area contributed by atoms with E-state index in [1.54, 1.807) is 0 Å². The van der Waals surface area contributed by atoms with E-state index in [1.165, 1.54) is 30.4 Å². The molecule has 0 aliphatic heterocycles. The molecule has 0 heterocycles. The third kappa shape index (κ3) is 3.44. The van der Waals surface area contributed by atoms with Crippen molar-refractivity contribution in [3.63, 3.8) is 0 Å². The molecule has 3 heteroatoms. The molecule has 1 aliphatic rings. The summed E-state index contributed by atoms with van der Waals surface area (Å²) in [7, 11) is 0. The summed E-state index contributed by atoms with van der Waals surface area (Å²) in [4.78, 5) is 0. The second kappa shape index (κ2) is 6.85. The zero-order valence-corrected chi connectivity index (χ0v) is 14.2. The van der Waals surface area contributed by atoms with Crippen molar-refractivity contribution in [3.8, 4) is 5.75 Å². The molecule has 1 atom stereocenters. The molecule has 3 rings (SSSR count). The normalized spacial score (nSPS) is 17.3. The summed E-state index contributed by atoms with van der Waals surface area (Å²) in [5.74, 6) is 1.42. The van der Waals surface area contributed by atoms with Crippen molar-refractivity contribution in [2.75, 3.05) is 6.61 Å².